The lowest BCUT2D eigenvalue weighted by Gasteiger charge is -2.15. The van der Waals surface area contributed by atoms with Gasteiger partial charge in [0.2, 0.25) is 0 Å². The van der Waals surface area contributed by atoms with E-state index in [-0.39, 0.29) is 0 Å². The van der Waals surface area contributed by atoms with Crippen LogP contribution in [0.25, 0.3) is 76.3 Å². The van der Waals surface area contributed by atoms with Crippen molar-refractivity contribution >= 4 is 31.5 Å². The summed E-state index contributed by atoms with van der Waals surface area (Å²) in [5.74, 6) is 0.713. The van der Waals surface area contributed by atoms with Crippen LogP contribution in [0.2, 0.25) is 0 Å². The molecule has 0 amide bonds. The largest absolute Gasteiger partial charge is 0.228 e. The van der Waals surface area contributed by atoms with E-state index < -0.39 is 0 Å². The van der Waals surface area contributed by atoms with E-state index in [0.29, 0.717) is 5.82 Å². The second-order valence-corrected chi connectivity index (χ2v) is 11.6. The summed E-state index contributed by atoms with van der Waals surface area (Å²) in [6.45, 7) is 0. The Morgan fingerprint density at radius 3 is 1.60 bits per heavy atom. The van der Waals surface area contributed by atoms with E-state index in [2.05, 4.69) is 140 Å². The lowest BCUT2D eigenvalue weighted by atomic mass is 9.92. The molecule has 0 aliphatic rings. The van der Waals surface area contributed by atoms with Crippen molar-refractivity contribution in [3.63, 3.8) is 0 Å². The van der Waals surface area contributed by atoms with E-state index in [1.807, 2.05) is 29.5 Å². The van der Waals surface area contributed by atoms with Crippen LogP contribution in [-0.4, -0.2) is 9.97 Å². The van der Waals surface area contributed by atoms with E-state index in [4.69, 9.17) is 9.97 Å². The zero-order chi connectivity index (χ0) is 28.6. The molecule has 0 atom stereocenters. The molecule has 0 fully saturated rings. The minimum atomic E-state index is 0.713. The average Bonchev–Trinajstić information content (AvgIpc) is 3.48. The van der Waals surface area contributed by atoms with Gasteiger partial charge in [0, 0.05) is 36.9 Å². The normalized spacial score (nSPS) is 11.3. The Bertz CT molecular complexity index is 2230. The van der Waals surface area contributed by atoms with Gasteiger partial charge in [-0.15, -0.1) is 11.3 Å². The van der Waals surface area contributed by atoms with Crippen molar-refractivity contribution in [3.8, 4) is 56.2 Å². The smallest absolute Gasteiger partial charge is 0.160 e. The van der Waals surface area contributed by atoms with Crippen molar-refractivity contribution in [3.05, 3.63) is 158 Å². The Morgan fingerprint density at radius 1 is 0.372 bits per heavy atom. The monoisotopic (exact) mass is 566 g/mol. The topological polar surface area (TPSA) is 25.8 Å². The van der Waals surface area contributed by atoms with Crippen LogP contribution in [0.3, 0.4) is 0 Å². The highest BCUT2D eigenvalue weighted by Crippen LogP contribution is 2.43. The zero-order valence-electron chi connectivity index (χ0n) is 23.3. The first kappa shape index (κ1) is 25.3. The summed E-state index contributed by atoms with van der Waals surface area (Å²) in [5, 5.41) is 2.58. The molecular formula is C40H26N2S. The fourth-order valence-electron chi connectivity index (χ4n) is 5.96. The molecular weight excluding hydrogens is 541 g/mol. The van der Waals surface area contributed by atoms with Gasteiger partial charge < -0.3 is 0 Å². The van der Waals surface area contributed by atoms with Gasteiger partial charge in [-0.05, 0) is 40.5 Å². The molecule has 2 aromatic heterocycles. The van der Waals surface area contributed by atoms with E-state index in [1.165, 1.54) is 25.7 Å². The molecule has 0 aliphatic heterocycles. The predicted molar refractivity (Wildman–Crippen MR) is 182 cm³/mol. The van der Waals surface area contributed by atoms with Gasteiger partial charge in [0.15, 0.2) is 5.82 Å². The molecule has 0 saturated heterocycles. The summed E-state index contributed by atoms with van der Waals surface area (Å²) in [4.78, 5) is 10.4. The molecule has 0 radical (unpaired) electrons. The number of thiophene rings is 1. The van der Waals surface area contributed by atoms with Crippen LogP contribution >= 0.6 is 11.3 Å². The van der Waals surface area contributed by atoms with Gasteiger partial charge in [0.1, 0.15) is 0 Å². The molecule has 202 valence electrons. The molecule has 0 N–H and O–H groups in total. The van der Waals surface area contributed by atoms with E-state index in [0.717, 1.165) is 44.8 Å². The van der Waals surface area contributed by atoms with E-state index in [1.54, 1.807) is 0 Å². The number of hydrogen-bond acceptors (Lipinski definition) is 3. The zero-order valence-corrected chi connectivity index (χ0v) is 24.1. The molecule has 8 rings (SSSR count). The Balaban J connectivity index is 1.38. The molecule has 8 aromatic rings. The summed E-state index contributed by atoms with van der Waals surface area (Å²) in [6.07, 6.45) is 0. The average molecular weight is 567 g/mol. The van der Waals surface area contributed by atoms with Gasteiger partial charge in [0.25, 0.3) is 0 Å². The maximum Gasteiger partial charge on any atom is 0.160 e. The number of rotatable bonds is 5. The third-order valence-electron chi connectivity index (χ3n) is 7.94. The molecule has 0 aliphatic carbocycles. The molecule has 0 saturated carbocycles. The fraction of sp³-hybridized carbons (Fsp3) is 0. The summed E-state index contributed by atoms with van der Waals surface area (Å²) in [5.41, 5.74) is 9.66. The van der Waals surface area contributed by atoms with Gasteiger partial charge >= 0.3 is 0 Å². The van der Waals surface area contributed by atoms with Crippen molar-refractivity contribution in [2.45, 2.75) is 0 Å². The standard InChI is InChI=1S/C40H26N2S/c1-3-14-27(15-4-1)29-18-7-9-20-31(29)35-26-36(42-40(41-35)28-16-5-2-6-17-28)32-21-10-8-19-30(32)33-23-13-25-38-39(33)34-22-11-12-24-37(34)43-38/h1-26H. The molecule has 2 nitrogen and oxygen atoms in total. The first-order chi connectivity index (χ1) is 21.3. The number of benzene rings is 6. The van der Waals surface area contributed by atoms with Crippen molar-refractivity contribution in [2.24, 2.45) is 0 Å². The number of fused-ring (bicyclic) bond motifs is 3. The van der Waals surface area contributed by atoms with Crippen molar-refractivity contribution in [1.29, 1.82) is 0 Å². The third kappa shape index (κ3) is 4.61. The lowest BCUT2D eigenvalue weighted by Crippen LogP contribution is -1.98. The Hall–Kier alpha value is -5.38. The molecule has 43 heavy (non-hydrogen) atoms. The fourth-order valence-corrected chi connectivity index (χ4v) is 7.09. The number of aromatic nitrogens is 2. The Morgan fingerprint density at radius 2 is 0.884 bits per heavy atom. The highest BCUT2D eigenvalue weighted by molar-refractivity contribution is 7.25. The van der Waals surface area contributed by atoms with Gasteiger partial charge in [-0.2, -0.15) is 0 Å². The first-order valence-electron chi connectivity index (χ1n) is 14.4. The van der Waals surface area contributed by atoms with Gasteiger partial charge in [-0.1, -0.05) is 140 Å². The molecule has 0 spiro atoms. The third-order valence-corrected chi connectivity index (χ3v) is 9.08. The maximum atomic E-state index is 5.21. The van der Waals surface area contributed by atoms with Gasteiger partial charge in [0.05, 0.1) is 11.4 Å². The summed E-state index contributed by atoms with van der Waals surface area (Å²) in [6, 6.07) is 55.4. The molecule has 0 unspecified atom stereocenters. The molecule has 2 heterocycles. The lowest BCUT2D eigenvalue weighted by molar-refractivity contribution is 1.18. The summed E-state index contributed by atoms with van der Waals surface area (Å²) < 4.78 is 2.59. The quantitative estimate of drug-likeness (QED) is 0.207. The van der Waals surface area contributed by atoms with Gasteiger partial charge in [-0.25, -0.2) is 9.97 Å². The van der Waals surface area contributed by atoms with Crippen molar-refractivity contribution in [1.82, 2.24) is 9.97 Å². The number of nitrogens with zero attached hydrogens (tertiary/aromatic N) is 2. The first-order valence-corrected chi connectivity index (χ1v) is 15.2. The SMILES string of the molecule is c1ccc(-c2nc(-c3ccccc3-c3ccccc3)cc(-c3ccccc3-c3cccc4sc5ccccc5c34)n2)cc1. The minimum absolute atomic E-state index is 0.713. The van der Waals surface area contributed by atoms with Crippen LogP contribution < -0.4 is 0 Å². The van der Waals surface area contributed by atoms with E-state index in [9.17, 15) is 0 Å². The van der Waals surface area contributed by atoms with Crippen LogP contribution in [0.15, 0.2) is 158 Å². The van der Waals surface area contributed by atoms with Gasteiger partial charge in [-0.3, -0.25) is 0 Å². The van der Waals surface area contributed by atoms with E-state index >= 15 is 0 Å². The van der Waals surface area contributed by atoms with Crippen LogP contribution in [-0.2, 0) is 0 Å². The second kappa shape index (κ2) is 10.8. The van der Waals surface area contributed by atoms with Crippen LogP contribution in [0.1, 0.15) is 0 Å². The molecule has 3 heteroatoms. The Labute approximate surface area is 254 Å². The Kier molecular flexibility index (Phi) is 6.36. The summed E-state index contributed by atoms with van der Waals surface area (Å²) >= 11 is 1.85. The molecule has 6 aromatic carbocycles. The highest BCUT2D eigenvalue weighted by Gasteiger charge is 2.18. The van der Waals surface area contributed by atoms with Crippen LogP contribution in [0.5, 0.6) is 0 Å². The predicted octanol–water partition coefficient (Wildman–Crippen LogP) is 11.2. The second-order valence-electron chi connectivity index (χ2n) is 10.6. The summed E-state index contributed by atoms with van der Waals surface area (Å²) in [7, 11) is 0. The van der Waals surface area contributed by atoms with Crippen molar-refractivity contribution in [2.75, 3.05) is 0 Å². The minimum Gasteiger partial charge on any atom is -0.228 e. The van der Waals surface area contributed by atoms with Crippen LogP contribution in [0.4, 0.5) is 0 Å². The van der Waals surface area contributed by atoms with Crippen LogP contribution in [0, 0.1) is 0 Å². The van der Waals surface area contributed by atoms with Crippen molar-refractivity contribution < 1.29 is 0 Å². The maximum absolute atomic E-state index is 5.21. The molecule has 0 bridgehead atoms. The highest BCUT2D eigenvalue weighted by atomic mass is 32.1. The number of hydrogen-bond donors (Lipinski definition) is 0.